The van der Waals surface area contributed by atoms with Crippen molar-refractivity contribution in [1.29, 1.82) is 0 Å². The van der Waals surface area contributed by atoms with Crippen LogP contribution in [-0.4, -0.2) is 47.0 Å². The summed E-state index contributed by atoms with van der Waals surface area (Å²) in [6.45, 7) is 4.77. The summed E-state index contributed by atoms with van der Waals surface area (Å²) in [6, 6.07) is 11.3. The summed E-state index contributed by atoms with van der Waals surface area (Å²) in [6.07, 6.45) is 1.09. The molecule has 4 heterocycles. The molecule has 0 radical (unpaired) electrons. The van der Waals surface area contributed by atoms with Gasteiger partial charge in [0.05, 0.1) is 13.7 Å². The van der Waals surface area contributed by atoms with E-state index in [1.165, 1.54) is 0 Å². The van der Waals surface area contributed by atoms with Crippen LogP contribution in [-0.2, 0) is 6.54 Å². The molecule has 1 aromatic carbocycles. The normalized spacial score (nSPS) is 21.2. The lowest BCUT2D eigenvalue weighted by atomic mass is 9.83. The van der Waals surface area contributed by atoms with Gasteiger partial charge >= 0.3 is 0 Å². The van der Waals surface area contributed by atoms with Crippen LogP contribution in [0, 0.1) is 12.8 Å². The van der Waals surface area contributed by atoms with E-state index in [1.54, 1.807) is 13.2 Å². The van der Waals surface area contributed by atoms with E-state index >= 15 is 0 Å². The van der Waals surface area contributed by atoms with Crippen LogP contribution in [0.1, 0.15) is 34.1 Å². The Morgan fingerprint density at radius 1 is 1.21 bits per heavy atom. The number of methoxy groups -OCH3 is 1. The van der Waals surface area contributed by atoms with E-state index in [9.17, 15) is 9.59 Å². The second-order valence-electron chi connectivity index (χ2n) is 8.35. The Balaban J connectivity index is 1.41. The zero-order valence-electron chi connectivity index (χ0n) is 16.8. The number of rotatable bonds is 4. The average Bonchev–Trinajstić information content (AvgIpc) is 3.03. The summed E-state index contributed by atoms with van der Waals surface area (Å²) in [7, 11) is 1.64. The zero-order chi connectivity index (χ0) is 20.1. The number of aromatic amines is 1. The van der Waals surface area contributed by atoms with E-state index in [-0.39, 0.29) is 11.3 Å². The Hall–Kier alpha value is -2.86. The summed E-state index contributed by atoms with van der Waals surface area (Å²) in [5.74, 6) is 1.61. The molecule has 1 fully saturated rings. The van der Waals surface area contributed by atoms with Gasteiger partial charge in [0.25, 0.3) is 5.56 Å². The summed E-state index contributed by atoms with van der Waals surface area (Å²) < 4.78 is 7.27. The lowest BCUT2D eigenvalue weighted by Gasteiger charge is -2.42. The van der Waals surface area contributed by atoms with Crippen LogP contribution in [0.2, 0.25) is 0 Å². The Bertz CT molecular complexity index is 1160. The van der Waals surface area contributed by atoms with E-state index in [2.05, 4.69) is 16.0 Å². The van der Waals surface area contributed by atoms with Crippen molar-refractivity contribution in [3.8, 4) is 5.75 Å². The molecule has 6 heteroatoms. The van der Waals surface area contributed by atoms with Gasteiger partial charge in [-0.15, -0.1) is 0 Å². The molecule has 2 bridgehead atoms. The molecule has 1 unspecified atom stereocenters. The van der Waals surface area contributed by atoms with Gasteiger partial charge in [-0.05, 0) is 43.5 Å². The van der Waals surface area contributed by atoms with Crippen LogP contribution in [0.5, 0.6) is 5.75 Å². The maximum absolute atomic E-state index is 13.3. The van der Waals surface area contributed by atoms with Crippen molar-refractivity contribution in [2.75, 3.05) is 26.7 Å². The summed E-state index contributed by atoms with van der Waals surface area (Å²) in [4.78, 5) is 31.1. The topological polar surface area (TPSA) is 67.3 Å². The number of fused-ring (bicyclic) bond motifs is 5. The number of hydrogen-bond donors (Lipinski definition) is 1. The van der Waals surface area contributed by atoms with Gasteiger partial charge in [0, 0.05) is 59.5 Å². The lowest BCUT2D eigenvalue weighted by molar-refractivity contribution is 0.0818. The third-order valence-corrected chi connectivity index (χ3v) is 6.39. The van der Waals surface area contributed by atoms with E-state index in [0.717, 1.165) is 59.7 Å². The third-order valence-electron chi connectivity index (χ3n) is 6.39. The quantitative estimate of drug-likeness (QED) is 0.695. The van der Waals surface area contributed by atoms with Gasteiger partial charge in [0.2, 0.25) is 0 Å². The van der Waals surface area contributed by atoms with Gasteiger partial charge in [0.1, 0.15) is 5.75 Å². The van der Waals surface area contributed by atoms with Gasteiger partial charge in [-0.2, -0.15) is 0 Å². The number of likely N-dealkylation sites (tertiary alicyclic amines) is 1. The Morgan fingerprint density at radius 3 is 2.90 bits per heavy atom. The fraction of sp³-hybridized carbons (Fsp3) is 0.391. The molecule has 150 valence electrons. The summed E-state index contributed by atoms with van der Waals surface area (Å²) >= 11 is 0. The Labute approximate surface area is 169 Å². The highest BCUT2D eigenvalue weighted by molar-refractivity contribution is 6.10. The number of carbonyl (C=O) groups excluding carboxylic acids is 1. The molecule has 2 aromatic heterocycles. The number of ether oxygens (including phenoxy) is 1. The largest absolute Gasteiger partial charge is 0.497 e. The molecular weight excluding hydrogens is 366 g/mol. The number of nitrogens with one attached hydrogen (secondary N) is 1. The van der Waals surface area contributed by atoms with Crippen LogP contribution in [0.15, 0.2) is 41.2 Å². The van der Waals surface area contributed by atoms with Crippen LogP contribution < -0.4 is 10.3 Å². The third kappa shape index (κ3) is 3.08. The van der Waals surface area contributed by atoms with Crippen LogP contribution in [0.3, 0.4) is 0 Å². The van der Waals surface area contributed by atoms with Crippen molar-refractivity contribution < 1.29 is 9.53 Å². The van der Waals surface area contributed by atoms with E-state index < -0.39 is 0 Å². The molecule has 2 atom stereocenters. The lowest BCUT2D eigenvalue weighted by Crippen LogP contribution is -2.48. The zero-order valence-corrected chi connectivity index (χ0v) is 16.8. The van der Waals surface area contributed by atoms with E-state index in [4.69, 9.17) is 4.74 Å². The predicted octanol–water partition coefficient (Wildman–Crippen LogP) is 2.95. The van der Waals surface area contributed by atoms with Gasteiger partial charge in [0.15, 0.2) is 5.78 Å². The fourth-order valence-corrected chi connectivity index (χ4v) is 5.20. The second-order valence-corrected chi connectivity index (χ2v) is 8.35. The number of H-pyrrole nitrogens is 1. The molecule has 6 nitrogen and oxygen atoms in total. The van der Waals surface area contributed by atoms with E-state index in [1.807, 2.05) is 35.8 Å². The molecule has 2 aliphatic heterocycles. The molecule has 0 aliphatic carbocycles. The van der Waals surface area contributed by atoms with Crippen molar-refractivity contribution in [3.05, 3.63) is 63.7 Å². The van der Waals surface area contributed by atoms with Crippen molar-refractivity contribution in [2.24, 2.45) is 5.92 Å². The van der Waals surface area contributed by atoms with Crippen molar-refractivity contribution in [3.63, 3.8) is 0 Å². The minimum Gasteiger partial charge on any atom is -0.497 e. The minimum atomic E-state index is 0.0880. The van der Waals surface area contributed by atoms with Gasteiger partial charge in [-0.25, -0.2) is 0 Å². The first-order valence-electron chi connectivity index (χ1n) is 10.1. The second kappa shape index (κ2) is 6.88. The van der Waals surface area contributed by atoms with Crippen LogP contribution >= 0.6 is 0 Å². The first-order valence-corrected chi connectivity index (χ1v) is 10.1. The highest BCUT2D eigenvalue weighted by Gasteiger charge is 2.35. The standard InChI is InChI=1S/C23H25N3O3/c1-14-23(18-9-17(29-2)6-7-19(18)24-14)21(27)13-25-10-15-8-16(12-25)20-4-3-5-22(28)26(20)11-15/h3-7,9,15-16,24H,8,10-13H2,1-2H3/t15?,16-/m1/s1. The summed E-state index contributed by atoms with van der Waals surface area (Å²) in [5.41, 5.74) is 3.80. The maximum Gasteiger partial charge on any atom is 0.250 e. The maximum atomic E-state index is 13.3. The van der Waals surface area contributed by atoms with Crippen molar-refractivity contribution >= 4 is 16.7 Å². The predicted molar refractivity (Wildman–Crippen MR) is 112 cm³/mol. The number of hydrogen-bond acceptors (Lipinski definition) is 4. The molecular formula is C23H25N3O3. The number of aromatic nitrogens is 2. The van der Waals surface area contributed by atoms with Crippen molar-refractivity contribution in [2.45, 2.75) is 25.8 Å². The molecule has 0 saturated carbocycles. The number of benzene rings is 1. The SMILES string of the molecule is COc1ccc2[nH]c(C)c(C(=O)CN3CC4C[C@H](C3)c3cccc(=O)n3C4)c2c1. The average molecular weight is 391 g/mol. The Kier molecular flexibility index (Phi) is 4.32. The number of pyridine rings is 1. The van der Waals surface area contributed by atoms with Crippen molar-refractivity contribution in [1.82, 2.24) is 14.5 Å². The molecule has 2 aliphatic rings. The molecule has 29 heavy (non-hydrogen) atoms. The number of nitrogens with zero attached hydrogens (tertiary/aromatic N) is 2. The number of Topliss-reactive ketones (excluding diaryl/α,β-unsaturated/α-hetero) is 1. The molecule has 3 aromatic rings. The Morgan fingerprint density at radius 2 is 2.07 bits per heavy atom. The summed E-state index contributed by atoms with van der Waals surface area (Å²) in [5, 5.41) is 0.918. The number of ketones is 1. The van der Waals surface area contributed by atoms with Crippen LogP contribution in [0.25, 0.3) is 10.9 Å². The number of aryl methyl sites for hydroxylation is 1. The highest BCUT2D eigenvalue weighted by Crippen LogP contribution is 2.35. The smallest absolute Gasteiger partial charge is 0.250 e. The van der Waals surface area contributed by atoms with Gasteiger partial charge in [-0.1, -0.05) is 6.07 Å². The fourth-order valence-electron chi connectivity index (χ4n) is 5.20. The highest BCUT2D eigenvalue weighted by atomic mass is 16.5. The number of piperidine rings is 1. The van der Waals surface area contributed by atoms with E-state index in [0.29, 0.717) is 18.4 Å². The molecule has 0 amide bonds. The molecule has 5 rings (SSSR count). The first kappa shape index (κ1) is 18.2. The minimum absolute atomic E-state index is 0.0880. The van der Waals surface area contributed by atoms with Crippen LogP contribution in [0.4, 0.5) is 0 Å². The first-order chi connectivity index (χ1) is 14.0. The molecule has 1 N–H and O–H groups in total. The molecule has 0 spiro atoms. The molecule has 1 saturated heterocycles. The van der Waals surface area contributed by atoms with Gasteiger partial charge in [-0.3, -0.25) is 14.5 Å². The van der Waals surface area contributed by atoms with Gasteiger partial charge < -0.3 is 14.3 Å². The monoisotopic (exact) mass is 391 g/mol. The number of carbonyl (C=O) groups is 1.